The van der Waals surface area contributed by atoms with Crippen LogP contribution in [0, 0.1) is 0 Å². The van der Waals surface area contributed by atoms with Gasteiger partial charge in [0.15, 0.2) is 0 Å². The highest BCUT2D eigenvalue weighted by molar-refractivity contribution is 7.19. The molecule has 0 unspecified atom stereocenters. The summed E-state index contributed by atoms with van der Waals surface area (Å²) in [5.74, 6) is -1.04. The van der Waals surface area contributed by atoms with Gasteiger partial charge in [0.25, 0.3) is 0 Å². The molecule has 1 saturated carbocycles. The lowest BCUT2D eigenvalue weighted by atomic mass is 10.1. The van der Waals surface area contributed by atoms with E-state index in [0.29, 0.717) is 37.7 Å². The van der Waals surface area contributed by atoms with E-state index in [0.717, 1.165) is 28.3 Å². The summed E-state index contributed by atoms with van der Waals surface area (Å²) in [6.45, 7) is 2.31. The first-order valence-electron chi connectivity index (χ1n) is 14.0. The van der Waals surface area contributed by atoms with Crippen LogP contribution in [-0.2, 0) is 22.7 Å². The molecule has 8 heteroatoms. The fourth-order valence-electron chi connectivity index (χ4n) is 5.08. The van der Waals surface area contributed by atoms with E-state index < -0.39 is 11.9 Å². The molecule has 0 saturated heterocycles. The number of benzene rings is 3. The maximum Gasteiger partial charge on any atom is 0.335 e. The van der Waals surface area contributed by atoms with Crippen molar-refractivity contribution in [2.24, 2.45) is 0 Å². The molecule has 41 heavy (non-hydrogen) atoms. The van der Waals surface area contributed by atoms with Crippen molar-refractivity contribution in [2.75, 3.05) is 13.1 Å². The minimum absolute atomic E-state index is 0.129. The fourth-order valence-corrected chi connectivity index (χ4v) is 6.31. The zero-order valence-corrected chi connectivity index (χ0v) is 24.4. The Kier molecular flexibility index (Phi) is 9.72. The molecule has 0 bridgehead atoms. The molecule has 1 atom stereocenters. The predicted molar refractivity (Wildman–Crippen MR) is 163 cm³/mol. The van der Waals surface area contributed by atoms with Gasteiger partial charge in [-0.1, -0.05) is 48.0 Å². The van der Waals surface area contributed by atoms with E-state index in [1.54, 1.807) is 23.5 Å². The number of unbranched alkanes of at least 4 members (excludes halogenated alkanes) is 1. The number of hydrogen-bond acceptors (Lipinski definition) is 5. The van der Waals surface area contributed by atoms with Gasteiger partial charge in [-0.2, -0.15) is 0 Å². The molecule has 1 heterocycles. The number of aliphatic carboxylic acids is 1. The van der Waals surface area contributed by atoms with Gasteiger partial charge in [0.2, 0.25) is 0 Å². The molecule has 4 aromatic rings. The van der Waals surface area contributed by atoms with E-state index in [2.05, 4.69) is 29.2 Å². The van der Waals surface area contributed by atoms with Crippen LogP contribution in [-0.4, -0.2) is 40.1 Å². The van der Waals surface area contributed by atoms with E-state index in [-0.39, 0.29) is 18.1 Å². The highest BCUT2D eigenvalue weighted by Crippen LogP contribution is 2.42. The van der Waals surface area contributed by atoms with Crippen LogP contribution >= 0.6 is 22.9 Å². The number of carbonyl (C=O) groups is 2. The third kappa shape index (κ3) is 8.39. The second-order valence-corrected chi connectivity index (χ2v) is 12.3. The molecular weight excluding hydrogens is 558 g/mol. The summed E-state index contributed by atoms with van der Waals surface area (Å²) in [6.07, 6.45) is 3.73. The van der Waals surface area contributed by atoms with Crippen LogP contribution in [0.5, 0.6) is 0 Å². The van der Waals surface area contributed by atoms with Gasteiger partial charge >= 0.3 is 11.9 Å². The standard InChI is InChI=1S/C33H34ClNO5S/c34-28-5-3-4-26(16-28)30(40-21-29-17-27-14-13-25(23-11-12-23)18-31(27)41-29)20-35(15-2-1-6-32(36)37)19-22-7-9-24(10-8-22)33(38)39/h3-5,7-10,13-14,16-18,23,30H,1-2,6,11-12,15,19-21H2,(H,36,37)(H,38,39)/t30-/m0/s1. The number of rotatable bonds is 15. The van der Waals surface area contributed by atoms with Crippen molar-refractivity contribution in [3.63, 3.8) is 0 Å². The summed E-state index contributed by atoms with van der Waals surface area (Å²) in [4.78, 5) is 25.8. The van der Waals surface area contributed by atoms with Gasteiger partial charge in [0.05, 0.1) is 18.3 Å². The van der Waals surface area contributed by atoms with E-state index in [9.17, 15) is 14.7 Å². The lowest BCUT2D eigenvalue weighted by molar-refractivity contribution is -0.137. The highest BCUT2D eigenvalue weighted by Gasteiger charge is 2.24. The van der Waals surface area contributed by atoms with Crippen LogP contribution in [0.25, 0.3) is 10.1 Å². The number of thiophene rings is 1. The second-order valence-electron chi connectivity index (χ2n) is 10.7. The Bertz CT molecular complexity index is 1500. The quantitative estimate of drug-likeness (QED) is 0.136. The van der Waals surface area contributed by atoms with Crippen LogP contribution in [0.4, 0.5) is 0 Å². The largest absolute Gasteiger partial charge is 0.481 e. The summed E-state index contributed by atoms with van der Waals surface area (Å²) < 4.78 is 7.88. The number of hydrogen-bond donors (Lipinski definition) is 2. The van der Waals surface area contributed by atoms with Crippen LogP contribution in [0.1, 0.15) is 76.1 Å². The van der Waals surface area contributed by atoms with Crippen molar-refractivity contribution >= 4 is 45.0 Å². The molecule has 0 aliphatic heterocycles. The first-order chi connectivity index (χ1) is 19.8. The van der Waals surface area contributed by atoms with Gasteiger partial charge < -0.3 is 14.9 Å². The number of fused-ring (bicyclic) bond motifs is 1. The minimum Gasteiger partial charge on any atom is -0.481 e. The average molecular weight is 592 g/mol. The Labute approximate surface area is 249 Å². The highest BCUT2D eigenvalue weighted by atomic mass is 35.5. The lowest BCUT2D eigenvalue weighted by Gasteiger charge is -2.28. The maximum atomic E-state index is 11.3. The summed E-state index contributed by atoms with van der Waals surface area (Å²) in [6, 6.07) is 23.6. The first kappa shape index (κ1) is 29.3. The maximum absolute atomic E-state index is 11.3. The Morgan fingerprint density at radius 2 is 1.80 bits per heavy atom. The number of halogens is 1. The van der Waals surface area contributed by atoms with Crippen molar-refractivity contribution in [1.29, 1.82) is 0 Å². The van der Waals surface area contributed by atoms with Gasteiger partial charge in [-0.3, -0.25) is 9.69 Å². The van der Waals surface area contributed by atoms with E-state index >= 15 is 0 Å². The van der Waals surface area contributed by atoms with Gasteiger partial charge in [-0.05, 0) is 96.6 Å². The summed E-state index contributed by atoms with van der Waals surface area (Å²) >= 11 is 8.15. The van der Waals surface area contributed by atoms with Gasteiger partial charge in [-0.25, -0.2) is 4.79 Å². The summed E-state index contributed by atoms with van der Waals surface area (Å²) in [5.41, 5.74) is 3.63. The molecule has 1 aliphatic rings. The number of aromatic carboxylic acids is 1. The lowest BCUT2D eigenvalue weighted by Crippen LogP contribution is -2.30. The van der Waals surface area contributed by atoms with E-state index in [4.69, 9.17) is 21.4 Å². The summed E-state index contributed by atoms with van der Waals surface area (Å²) in [7, 11) is 0. The zero-order valence-electron chi connectivity index (χ0n) is 22.8. The number of ether oxygens (including phenoxy) is 1. The molecule has 214 valence electrons. The molecule has 1 aliphatic carbocycles. The summed E-state index contributed by atoms with van der Waals surface area (Å²) in [5, 5.41) is 20.2. The molecular formula is C33H34ClNO5S. The predicted octanol–water partition coefficient (Wildman–Crippen LogP) is 8.15. The van der Waals surface area contributed by atoms with Crippen molar-refractivity contribution < 1.29 is 24.5 Å². The van der Waals surface area contributed by atoms with Gasteiger partial charge in [0, 0.05) is 34.1 Å². The van der Waals surface area contributed by atoms with Crippen molar-refractivity contribution in [3.05, 3.63) is 105 Å². The number of carboxylic acid groups (broad SMARTS) is 2. The van der Waals surface area contributed by atoms with Crippen molar-refractivity contribution in [1.82, 2.24) is 4.90 Å². The molecule has 6 nitrogen and oxygen atoms in total. The molecule has 0 amide bonds. The van der Waals surface area contributed by atoms with Gasteiger partial charge in [-0.15, -0.1) is 11.3 Å². The fraction of sp³-hybridized carbons (Fsp3) is 0.333. The average Bonchev–Trinajstić information content (AvgIpc) is 3.72. The second kappa shape index (κ2) is 13.6. The Balaban J connectivity index is 1.33. The van der Waals surface area contributed by atoms with Crippen LogP contribution in [0.2, 0.25) is 5.02 Å². The van der Waals surface area contributed by atoms with Crippen LogP contribution in [0.3, 0.4) is 0 Å². The Morgan fingerprint density at radius 1 is 1.00 bits per heavy atom. The van der Waals surface area contributed by atoms with Crippen LogP contribution in [0.15, 0.2) is 72.8 Å². The molecule has 3 aromatic carbocycles. The third-order valence-electron chi connectivity index (χ3n) is 7.44. The molecule has 1 fully saturated rings. The topological polar surface area (TPSA) is 87.1 Å². The molecule has 5 rings (SSSR count). The van der Waals surface area contributed by atoms with Gasteiger partial charge in [0.1, 0.15) is 0 Å². The molecule has 0 spiro atoms. The van der Waals surface area contributed by atoms with Crippen molar-refractivity contribution in [3.8, 4) is 0 Å². The molecule has 1 aromatic heterocycles. The zero-order chi connectivity index (χ0) is 28.8. The number of nitrogens with zero attached hydrogens (tertiary/aromatic N) is 1. The Hall–Kier alpha value is -3.23. The van der Waals surface area contributed by atoms with Crippen LogP contribution < -0.4 is 0 Å². The van der Waals surface area contributed by atoms with E-state index in [1.807, 2.05) is 36.4 Å². The molecule has 0 radical (unpaired) electrons. The monoisotopic (exact) mass is 591 g/mol. The van der Waals surface area contributed by atoms with Crippen molar-refractivity contribution in [2.45, 2.75) is 57.3 Å². The SMILES string of the molecule is O=C(O)CCCCN(Cc1ccc(C(=O)O)cc1)C[C@H](OCc1cc2ccc(C3CC3)cc2s1)c1cccc(Cl)c1. The minimum atomic E-state index is -0.957. The Morgan fingerprint density at radius 3 is 2.51 bits per heavy atom. The molecule has 2 N–H and O–H groups in total. The van der Waals surface area contributed by atoms with E-state index in [1.165, 1.54) is 28.5 Å². The normalized spacial score (nSPS) is 14.0. The smallest absolute Gasteiger partial charge is 0.335 e. The third-order valence-corrected chi connectivity index (χ3v) is 8.74. The number of carboxylic acids is 2. The first-order valence-corrected chi connectivity index (χ1v) is 15.2.